The molecular formula is C17H18FN5O2. The van der Waals surface area contributed by atoms with E-state index >= 15 is 0 Å². The van der Waals surface area contributed by atoms with Crippen LogP contribution in [0.5, 0.6) is 0 Å². The number of benzene rings is 1. The molecule has 7 nitrogen and oxygen atoms in total. The van der Waals surface area contributed by atoms with Crippen LogP contribution in [0.1, 0.15) is 11.7 Å². The van der Waals surface area contributed by atoms with Crippen LogP contribution in [0.3, 0.4) is 0 Å². The summed E-state index contributed by atoms with van der Waals surface area (Å²) in [5, 5.41) is 18.9. The molecule has 3 N–H and O–H groups in total. The van der Waals surface area contributed by atoms with Gasteiger partial charge in [-0.15, -0.1) is 0 Å². The van der Waals surface area contributed by atoms with Crippen LogP contribution in [0.15, 0.2) is 55.1 Å². The van der Waals surface area contributed by atoms with Crippen molar-refractivity contribution in [2.75, 3.05) is 11.9 Å². The van der Waals surface area contributed by atoms with Crippen LogP contribution >= 0.6 is 0 Å². The molecule has 130 valence electrons. The molecule has 0 spiro atoms. The number of aromatic nitrogens is 3. The molecule has 0 aliphatic rings. The third kappa shape index (κ3) is 4.04. The topological polar surface area (TPSA) is 84.1 Å². The quantitative estimate of drug-likeness (QED) is 0.664. The highest BCUT2D eigenvalue weighted by Crippen LogP contribution is 2.19. The van der Waals surface area contributed by atoms with Gasteiger partial charge in [0.2, 0.25) is 0 Å². The van der Waals surface area contributed by atoms with E-state index < -0.39 is 18.0 Å². The van der Waals surface area contributed by atoms with Crippen LogP contribution < -0.4 is 10.6 Å². The van der Waals surface area contributed by atoms with Gasteiger partial charge in [0.25, 0.3) is 0 Å². The van der Waals surface area contributed by atoms with Gasteiger partial charge in [-0.25, -0.2) is 9.18 Å². The number of aliphatic hydroxyl groups excluding tert-OH is 1. The molecule has 0 bridgehead atoms. The Balaban J connectivity index is 1.62. The number of carbonyl (C=O) groups excluding carboxylic acids is 1. The number of halogens is 1. The van der Waals surface area contributed by atoms with Gasteiger partial charge < -0.3 is 20.3 Å². The van der Waals surface area contributed by atoms with Crippen molar-refractivity contribution in [3.8, 4) is 5.69 Å². The molecule has 0 saturated carbocycles. The first-order chi connectivity index (χ1) is 12.0. The van der Waals surface area contributed by atoms with Gasteiger partial charge in [-0.1, -0.05) is 0 Å². The van der Waals surface area contributed by atoms with Gasteiger partial charge in [-0.2, -0.15) is 5.10 Å². The summed E-state index contributed by atoms with van der Waals surface area (Å²) in [5.74, 6) is -0.543. The predicted molar refractivity (Wildman–Crippen MR) is 90.9 cm³/mol. The summed E-state index contributed by atoms with van der Waals surface area (Å²) in [6.07, 6.45) is 5.92. The van der Waals surface area contributed by atoms with Gasteiger partial charge in [0.15, 0.2) is 0 Å². The van der Waals surface area contributed by atoms with Crippen molar-refractivity contribution in [3.05, 3.63) is 66.5 Å². The SMILES string of the molecule is Cn1cc([C@H](O)CNC(=O)Nc2cc(-n3cccc3)ccc2F)cn1. The standard InChI is InChI=1S/C17H18FN5O2/c1-22-11-12(9-20-22)16(24)10-19-17(25)21-15-8-13(4-5-14(15)18)23-6-2-3-7-23/h2-9,11,16,24H,10H2,1H3,(H2,19,21,25)/t16-/m1/s1. The molecule has 3 aromatic rings. The minimum atomic E-state index is -0.893. The van der Waals surface area contributed by atoms with Crippen LogP contribution in [-0.4, -0.2) is 32.0 Å². The van der Waals surface area contributed by atoms with E-state index in [2.05, 4.69) is 15.7 Å². The molecule has 2 amide bonds. The lowest BCUT2D eigenvalue weighted by atomic mass is 10.2. The average Bonchev–Trinajstić information content (AvgIpc) is 3.26. The van der Waals surface area contributed by atoms with E-state index in [-0.39, 0.29) is 12.2 Å². The lowest BCUT2D eigenvalue weighted by Gasteiger charge is -2.13. The second-order valence-corrected chi connectivity index (χ2v) is 5.55. The highest BCUT2D eigenvalue weighted by atomic mass is 19.1. The van der Waals surface area contributed by atoms with Gasteiger partial charge >= 0.3 is 6.03 Å². The van der Waals surface area contributed by atoms with E-state index in [1.807, 2.05) is 24.5 Å². The Kier molecular flexibility index (Phi) is 4.80. The Bertz CT molecular complexity index is 860. The maximum atomic E-state index is 13.9. The first kappa shape index (κ1) is 16.7. The molecule has 0 saturated heterocycles. The molecule has 2 aromatic heterocycles. The maximum absolute atomic E-state index is 13.9. The molecule has 1 atom stereocenters. The second-order valence-electron chi connectivity index (χ2n) is 5.55. The smallest absolute Gasteiger partial charge is 0.319 e. The van der Waals surface area contributed by atoms with Crippen LogP contribution in [0.2, 0.25) is 0 Å². The van der Waals surface area contributed by atoms with Gasteiger partial charge in [0.1, 0.15) is 5.82 Å². The maximum Gasteiger partial charge on any atom is 0.319 e. The third-order valence-corrected chi connectivity index (χ3v) is 3.67. The van der Waals surface area contributed by atoms with Crippen LogP contribution in [0.4, 0.5) is 14.9 Å². The summed E-state index contributed by atoms with van der Waals surface area (Å²) >= 11 is 0. The first-order valence-electron chi connectivity index (χ1n) is 7.67. The summed E-state index contributed by atoms with van der Waals surface area (Å²) in [5.41, 5.74) is 1.36. The Labute approximate surface area is 143 Å². The summed E-state index contributed by atoms with van der Waals surface area (Å²) in [6.45, 7) is -0.0174. The highest BCUT2D eigenvalue weighted by Gasteiger charge is 2.13. The van der Waals surface area contributed by atoms with E-state index in [4.69, 9.17) is 0 Å². The monoisotopic (exact) mass is 343 g/mol. The van der Waals surface area contributed by atoms with E-state index in [9.17, 15) is 14.3 Å². The number of nitrogens with zero attached hydrogens (tertiary/aromatic N) is 3. The molecule has 0 unspecified atom stereocenters. The molecule has 0 radical (unpaired) electrons. The fourth-order valence-corrected chi connectivity index (χ4v) is 2.36. The number of rotatable bonds is 5. The Hall–Kier alpha value is -3.13. The number of nitrogens with one attached hydrogen (secondary N) is 2. The first-order valence-corrected chi connectivity index (χ1v) is 7.67. The van der Waals surface area contributed by atoms with Crippen molar-refractivity contribution in [1.29, 1.82) is 0 Å². The van der Waals surface area contributed by atoms with Crippen molar-refractivity contribution in [2.24, 2.45) is 7.05 Å². The number of aliphatic hydroxyl groups is 1. The fraction of sp³-hybridized carbons (Fsp3) is 0.176. The van der Waals surface area contributed by atoms with Crippen molar-refractivity contribution < 1.29 is 14.3 Å². The van der Waals surface area contributed by atoms with Gasteiger partial charge in [-0.05, 0) is 30.3 Å². The Morgan fingerprint density at radius 1 is 1.36 bits per heavy atom. The lowest BCUT2D eigenvalue weighted by Crippen LogP contribution is -2.32. The van der Waals surface area contributed by atoms with Crippen molar-refractivity contribution in [3.63, 3.8) is 0 Å². The average molecular weight is 343 g/mol. The molecule has 2 heterocycles. The van der Waals surface area contributed by atoms with Crippen molar-refractivity contribution in [2.45, 2.75) is 6.10 Å². The zero-order chi connectivity index (χ0) is 17.8. The summed E-state index contributed by atoms with van der Waals surface area (Å²) in [6, 6.07) is 7.53. The van der Waals surface area contributed by atoms with Crippen molar-refractivity contribution >= 4 is 11.7 Å². The van der Waals surface area contributed by atoms with E-state index in [0.29, 0.717) is 5.56 Å². The molecule has 25 heavy (non-hydrogen) atoms. The predicted octanol–water partition coefficient (Wildman–Crippen LogP) is 2.21. The van der Waals surface area contributed by atoms with Crippen LogP contribution in [0, 0.1) is 5.82 Å². The van der Waals surface area contributed by atoms with E-state index in [1.165, 1.54) is 18.3 Å². The number of aryl methyl sites for hydroxylation is 1. The van der Waals surface area contributed by atoms with E-state index in [1.54, 1.807) is 28.6 Å². The Morgan fingerprint density at radius 2 is 2.12 bits per heavy atom. The zero-order valence-corrected chi connectivity index (χ0v) is 13.6. The minimum absolute atomic E-state index is 0.0174. The number of anilines is 1. The van der Waals surface area contributed by atoms with Gasteiger partial charge in [0.05, 0.1) is 18.0 Å². The summed E-state index contributed by atoms with van der Waals surface area (Å²) in [7, 11) is 1.73. The lowest BCUT2D eigenvalue weighted by molar-refractivity contribution is 0.175. The molecule has 1 aromatic carbocycles. The Morgan fingerprint density at radius 3 is 2.80 bits per heavy atom. The minimum Gasteiger partial charge on any atom is -0.386 e. The van der Waals surface area contributed by atoms with E-state index in [0.717, 1.165) is 5.69 Å². The molecule has 8 heteroatoms. The molecule has 0 fully saturated rings. The normalized spacial score (nSPS) is 12.0. The number of amides is 2. The molecule has 3 rings (SSSR count). The molecule has 0 aliphatic carbocycles. The number of hydrogen-bond acceptors (Lipinski definition) is 3. The molecule has 0 aliphatic heterocycles. The van der Waals surface area contributed by atoms with Crippen LogP contribution in [0.25, 0.3) is 5.69 Å². The number of urea groups is 1. The fourth-order valence-electron chi connectivity index (χ4n) is 2.36. The van der Waals surface area contributed by atoms with Crippen LogP contribution in [-0.2, 0) is 7.05 Å². The summed E-state index contributed by atoms with van der Waals surface area (Å²) in [4.78, 5) is 12.0. The highest BCUT2D eigenvalue weighted by molar-refractivity contribution is 5.89. The largest absolute Gasteiger partial charge is 0.386 e. The third-order valence-electron chi connectivity index (χ3n) is 3.67. The number of carbonyl (C=O) groups is 1. The van der Waals surface area contributed by atoms with Gasteiger partial charge in [0, 0.05) is 43.4 Å². The summed E-state index contributed by atoms with van der Waals surface area (Å²) < 4.78 is 17.3. The number of hydrogen-bond donors (Lipinski definition) is 3. The zero-order valence-electron chi connectivity index (χ0n) is 13.6. The van der Waals surface area contributed by atoms with Gasteiger partial charge in [-0.3, -0.25) is 4.68 Å². The molecular weight excluding hydrogens is 325 g/mol. The van der Waals surface area contributed by atoms with Crippen molar-refractivity contribution in [1.82, 2.24) is 19.7 Å². The second kappa shape index (κ2) is 7.18.